The van der Waals surface area contributed by atoms with Gasteiger partial charge in [-0.05, 0) is 44.0 Å². The summed E-state index contributed by atoms with van der Waals surface area (Å²) in [6, 6.07) is 9.03. The number of hydrogen-bond donors (Lipinski definition) is 0. The van der Waals surface area contributed by atoms with E-state index in [0.29, 0.717) is 31.8 Å². The smallest absolute Gasteiger partial charge is 0.246 e. The minimum Gasteiger partial charge on any atom is -0.495 e. The van der Waals surface area contributed by atoms with Gasteiger partial charge in [0.1, 0.15) is 22.6 Å². The second kappa shape index (κ2) is 7.59. The van der Waals surface area contributed by atoms with Gasteiger partial charge in [-0.25, -0.2) is 17.8 Å². The van der Waals surface area contributed by atoms with Gasteiger partial charge in [-0.2, -0.15) is 4.31 Å². The van der Waals surface area contributed by atoms with Crippen LogP contribution in [0.3, 0.4) is 0 Å². The standard InChI is InChI=1S/C18H21FN2O4S/c1-13-4-3-5-18(20-13)25-15-8-10-21(11-9-15)26(22,23)17-12-14(19)6-7-16(17)24-2/h3-7,12,15H,8-11H2,1-2H3. The maximum Gasteiger partial charge on any atom is 0.246 e. The van der Waals surface area contributed by atoms with Crippen molar-refractivity contribution in [1.29, 1.82) is 0 Å². The Morgan fingerprint density at radius 3 is 2.58 bits per heavy atom. The Labute approximate surface area is 152 Å². The number of benzene rings is 1. The summed E-state index contributed by atoms with van der Waals surface area (Å²) in [7, 11) is -2.47. The number of nitrogens with zero attached hydrogens (tertiary/aromatic N) is 2. The van der Waals surface area contributed by atoms with Gasteiger partial charge >= 0.3 is 0 Å². The normalized spacial score (nSPS) is 16.4. The van der Waals surface area contributed by atoms with E-state index in [0.717, 1.165) is 11.8 Å². The molecule has 1 aromatic heterocycles. The van der Waals surface area contributed by atoms with E-state index in [4.69, 9.17) is 9.47 Å². The van der Waals surface area contributed by atoms with E-state index in [1.54, 1.807) is 6.07 Å². The predicted octanol–water partition coefficient (Wildman–Crippen LogP) is 2.77. The number of rotatable bonds is 5. The highest BCUT2D eigenvalue weighted by Gasteiger charge is 2.32. The number of piperidine rings is 1. The van der Waals surface area contributed by atoms with Crippen LogP contribution < -0.4 is 9.47 Å². The zero-order valence-corrected chi connectivity index (χ0v) is 15.5. The zero-order chi connectivity index (χ0) is 18.7. The van der Waals surface area contributed by atoms with E-state index >= 15 is 0 Å². The Hall–Kier alpha value is -2.19. The Morgan fingerprint density at radius 1 is 1.19 bits per heavy atom. The van der Waals surface area contributed by atoms with E-state index < -0.39 is 15.8 Å². The van der Waals surface area contributed by atoms with Gasteiger partial charge in [0, 0.05) is 24.8 Å². The molecule has 0 aliphatic carbocycles. The predicted molar refractivity (Wildman–Crippen MR) is 94.3 cm³/mol. The molecule has 0 N–H and O–H groups in total. The first-order chi connectivity index (χ1) is 12.4. The summed E-state index contributed by atoms with van der Waals surface area (Å²) in [4.78, 5) is 4.15. The monoisotopic (exact) mass is 380 g/mol. The van der Waals surface area contributed by atoms with Crippen LogP contribution in [0.2, 0.25) is 0 Å². The fraction of sp³-hybridized carbons (Fsp3) is 0.389. The van der Waals surface area contributed by atoms with Crippen LogP contribution in [0.4, 0.5) is 4.39 Å². The lowest BCUT2D eigenvalue weighted by molar-refractivity contribution is 0.129. The second-order valence-corrected chi connectivity index (χ2v) is 8.04. The third-order valence-electron chi connectivity index (χ3n) is 4.29. The Morgan fingerprint density at radius 2 is 1.92 bits per heavy atom. The Bertz CT molecular complexity index is 881. The molecular weight excluding hydrogens is 359 g/mol. The van der Waals surface area contributed by atoms with Crippen LogP contribution in [-0.4, -0.2) is 44.0 Å². The Kier molecular flexibility index (Phi) is 5.43. The van der Waals surface area contributed by atoms with Crippen LogP contribution in [-0.2, 0) is 10.0 Å². The summed E-state index contributed by atoms with van der Waals surface area (Å²) >= 11 is 0. The highest BCUT2D eigenvalue weighted by atomic mass is 32.2. The second-order valence-electron chi connectivity index (χ2n) is 6.13. The highest BCUT2D eigenvalue weighted by molar-refractivity contribution is 7.89. The SMILES string of the molecule is COc1ccc(F)cc1S(=O)(=O)N1CCC(Oc2cccc(C)n2)CC1. The van der Waals surface area contributed by atoms with Gasteiger partial charge in [-0.1, -0.05) is 6.07 Å². The van der Waals surface area contributed by atoms with Crippen LogP contribution in [0.25, 0.3) is 0 Å². The molecule has 2 heterocycles. The molecule has 0 saturated carbocycles. The molecule has 0 radical (unpaired) electrons. The molecule has 0 amide bonds. The lowest BCUT2D eigenvalue weighted by Gasteiger charge is -2.31. The van der Waals surface area contributed by atoms with Gasteiger partial charge in [0.05, 0.1) is 7.11 Å². The lowest BCUT2D eigenvalue weighted by Crippen LogP contribution is -2.41. The van der Waals surface area contributed by atoms with Gasteiger partial charge in [-0.3, -0.25) is 0 Å². The number of hydrogen-bond acceptors (Lipinski definition) is 5. The van der Waals surface area contributed by atoms with Crippen molar-refractivity contribution in [3.63, 3.8) is 0 Å². The molecule has 1 aromatic carbocycles. The fourth-order valence-electron chi connectivity index (χ4n) is 2.94. The minimum absolute atomic E-state index is 0.106. The van der Waals surface area contributed by atoms with Crippen molar-refractivity contribution < 1.29 is 22.3 Å². The number of halogens is 1. The molecule has 1 aliphatic rings. The molecule has 2 aromatic rings. The molecule has 1 fully saturated rings. The first-order valence-electron chi connectivity index (χ1n) is 8.34. The van der Waals surface area contributed by atoms with Crippen molar-refractivity contribution in [3.8, 4) is 11.6 Å². The van der Waals surface area contributed by atoms with Gasteiger partial charge in [-0.15, -0.1) is 0 Å². The van der Waals surface area contributed by atoms with Gasteiger partial charge < -0.3 is 9.47 Å². The lowest BCUT2D eigenvalue weighted by atomic mass is 10.1. The van der Waals surface area contributed by atoms with E-state index in [2.05, 4.69) is 4.98 Å². The van der Waals surface area contributed by atoms with E-state index in [1.807, 2.05) is 19.1 Å². The molecule has 0 spiro atoms. The van der Waals surface area contributed by atoms with Crippen molar-refractivity contribution in [2.75, 3.05) is 20.2 Å². The number of sulfonamides is 1. The van der Waals surface area contributed by atoms with Crippen molar-refractivity contribution in [2.24, 2.45) is 0 Å². The van der Waals surface area contributed by atoms with E-state index in [1.165, 1.54) is 23.5 Å². The quantitative estimate of drug-likeness (QED) is 0.798. The van der Waals surface area contributed by atoms with Crippen LogP contribution in [0.5, 0.6) is 11.6 Å². The highest BCUT2D eigenvalue weighted by Crippen LogP contribution is 2.29. The summed E-state index contributed by atoms with van der Waals surface area (Å²) in [5.74, 6) is 0.0555. The minimum atomic E-state index is -3.83. The molecule has 1 aliphatic heterocycles. The summed E-state index contributed by atoms with van der Waals surface area (Å²) in [6.45, 7) is 2.46. The summed E-state index contributed by atoms with van der Waals surface area (Å²) in [5, 5.41) is 0. The number of aromatic nitrogens is 1. The zero-order valence-electron chi connectivity index (χ0n) is 14.7. The molecule has 26 heavy (non-hydrogen) atoms. The first-order valence-corrected chi connectivity index (χ1v) is 9.78. The van der Waals surface area contributed by atoms with E-state index in [-0.39, 0.29) is 16.7 Å². The van der Waals surface area contributed by atoms with E-state index in [9.17, 15) is 12.8 Å². The third-order valence-corrected chi connectivity index (χ3v) is 6.21. The first kappa shape index (κ1) is 18.6. The molecule has 0 atom stereocenters. The van der Waals surface area contributed by atoms with Crippen LogP contribution in [0.1, 0.15) is 18.5 Å². The molecular formula is C18H21FN2O4S. The molecule has 3 rings (SSSR count). The number of methoxy groups -OCH3 is 1. The average Bonchev–Trinajstić information content (AvgIpc) is 2.62. The number of aryl methyl sites for hydroxylation is 1. The molecule has 140 valence electrons. The maximum absolute atomic E-state index is 13.6. The molecule has 8 heteroatoms. The molecule has 1 saturated heterocycles. The van der Waals surface area contributed by atoms with Crippen molar-refractivity contribution in [2.45, 2.75) is 30.8 Å². The van der Waals surface area contributed by atoms with Gasteiger partial charge in [0.25, 0.3) is 0 Å². The third kappa shape index (κ3) is 3.96. The summed E-state index contributed by atoms with van der Waals surface area (Å²) < 4.78 is 51.5. The number of ether oxygens (including phenoxy) is 2. The van der Waals surface area contributed by atoms with Gasteiger partial charge in [0.2, 0.25) is 15.9 Å². The summed E-state index contributed by atoms with van der Waals surface area (Å²) in [5.41, 5.74) is 0.862. The van der Waals surface area contributed by atoms with Crippen LogP contribution >= 0.6 is 0 Å². The van der Waals surface area contributed by atoms with Crippen molar-refractivity contribution >= 4 is 10.0 Å². The fourth-order valence-corrected chi connectivity index (χ4v) is 4.57. The van der Waals surface area contributed by atoms with Gasteiger partial charge in [0.15, 0.2) is 0 Å². The van der Waals surface area contributed by atoms with Crippen molar-refractivity contribution in [3.05, 3.63) is 47.9 Å². The van der Waals surface area contributed by atoms with Crippen LogP contribution in [0.15, 0.2) is 41.3 Å². The summed E-state index contributed by atoms with van der Waals surface area (Å²) in [6.07, 6.45) is 0.962. The number of pyridine rings is 1. The molecule has 6 nitrogen and oxygen atoms in total. The van der Waals surface area contributed by atoms with Crippen LogP contribution in [0, 0.1) is 12.7 Å². The average molecular weight is 380 g/mol. The van der Waals surface area contributed by atoms with Crippen molar-refractivity contribution in [1.82, 2.24) is 9.29 Å². The Balaban J connectivity index is 1.70. The molecule has 0 unspecified atom stereocenters. The topological polar surface area (TPSA) is 68.7 Å². The molecule has 0 bridgehead atoms. The maximum atomic E-state index is 13.6. The largest absolute Gasteiger partial charge is 0.495 e.